The van der Waals surface area contributed by atoms with E-state index in [-0.39, 0.29) is 5.91 Å². The molecular weight excluding hydrogens is 238 g/mol. The Hall–Kier alpha value is -0.280. The molecule has 17 heavy (non-hydrogen) atoms. The number of alkyl halides is 1. The summed E-state index contributed by atoms with van der Waals surface area (Å²) in [6.07, 6.45) is 7.45. The molecule has 1 aliphatic heterocycles. The van der Waals surface area contributed by atoms with Crippen LogP contribution in [-0.2, 0) is 9.53 Å². The molecule has 2 aliphatic rings. The molecule has 3 nitrogen and oxygen atoms in total. The van der Waals surface area contributed by atoms with E-state index in [0.29, 0.717) is 30.4 Å². The lowest BCUT2D eigenvalue weighted by Crippen LogP contribution is -2.38. The van der Waals surface area contributed by atoms with E-state index >= 15 is 0 Å². The number of halogens is 1. The van der Waals surface area contributed by atoms with Gasteiger partial charge in [0.25, 0.3) is 0 Å². The van der Waals surface area contributed by atoms with Gasteiger partial charge in [0.2, 0.25) is 5.91 Å². The fraction of sp³-hybridized carbons (Fsp3) is 0.923. The molecule has 1 heterocycles. The van der Waals surface area contributed by atoms with Crippen LogP contribution in [-0.4, -0.2) is 30.5 Å². The fourth-order valence-electron chi connectivity index (χ4n) is 2.85. The van der Waals surface area contributed by atoms with E-state index in [1.54, 1.807) is 0 Å². The van der Waals surface area contributed by atoms with E-state index in [0.717, 1.165) is 38.7 Å². The molecule has 1 saturated heterocycles. The standard InChI is InChI=1S/C13H22ClNO2/c14-9-10-3-1-5-12(10)15-13(16)7-6-11-4-2-8-17-11/h10-12H,1-9H2,(H,15,16). The lowest BCUT2D eigenvalue weighted by Gasteiger charge is -2.19. The van der Waals surface area contributed by atoms with Crippen LogP contribution in [0, 0.1) is 5.92 Å². The maximum Gasteiger partial charge on any atom is 0.220 e. The second-order valence-electron chi connectivity index (χ2n) is 5.19. The third-order valence-corrected chi connectivity index (χ3v) is 4.32. The first kappa shape index (κ1) is 13.2. The molecule has 1 saturated carbocycles. The van der Waals surface area contributed by atoms with Crippen LogP contribution in [0.25, 0.3) is 0 Å². The van der Waals surface area contributed by atoms with E-state index in [4.69, 9.17) is 16.3 Å². The normalized spacial score (nSPS) is 32.9. The molecule has 4 heteroatoms. The molecule has 0 aromatic rings. The fourth-order valence-corrected chi connectivity index (χ4v) is 3.22. The lowest BCUT2D eigenvalue weighted by molar-refractivity contribution is -0.122. The van der Waals surface area contributed by atoms with Gasteiger partial charge in [-0.05, 0) is 38.0 Å². The third kappa shape index (κ3) is 3.85. The first-order chi connectivity index (χ1) is 8.29. The van der Waals surface area contributed by atoms with Crippen molar-refractivity contribution in [2.24, 2.45) is 5.92 Å². The monoisotopic (exact) mass is 259 g/mol. The SMILES string of the molecule is O=C(CCC1CCCO1)NC1CCCC1CCl. The van der Waals surface area contributed by atoms with Crippen molar-refractivity contribution in [2.75, 3.05) is 12.5 Å². The van der Waals surface area contributed by atoms with Gasteiger partial charge < -0.3 is 10.1 Å². The van der Waals surface area contributed by atoms with E-state index in [9.17, 15) is 4.79 Å². The van der Waals surface area contributed by atoms with E-state index < -0.39 is 0 Å². The second kappa shape index (κ2) is 6.60. The highest BCUT2D eigenvalue weighted by Gasteiger charge is 2.27. The minimum absolute atomic E-state index is 0.169. The molecular formula is C13H22ClNO2. The van der Waals surface area contributed by atoms with Crippen molar-refractivity contribution in [2.45, 2.75) is 57.1 Å². The van der Waals surface area contributed by atoms with Gasteiger partial charge in [-0.2, -0.15) is 0 Å². The predicted molar refractivity (Wildman–Crippen MR) is 68.2 cm³/mol. The highest BCUT2D eigenvalue weighted by atomic mass is 35.5. The van der Waals surface area contributed by atoms with Gasteiger partial charge in [-0.1, -0.05) is 6.42 Å². The number of amides is 1. The molecule has 0 bridgehead atoms. The quantitative estimate of drug-likeness (QED) is 0.771. The average molecular weight is 260 g/mol. The number of rotatable bonds is 5. The summed E-state index contributed by atoms with van der Waals surface area (Å²) >= 11 is 5.90. The van der Waals surface area contributed by atoms with Crippen LogP contribution in [0.3, 0.4) is 0 Å². The molecule has 0 aromatic carbocycles. The van der Waals surface area contributed by atoms with Gasteiger partial charge in [0.05, 0.1) is 6.10 Å². The number of carbonyl (C=O) groups excluding carboxylic acids is 1. The number of hydrogen-bond acceptors (Lipinski definition) is 2. The number of carbonyl (C=O) groups is 1. The van der Waals surface area contributed by atoms with E-state index in [1.807, 2.05) is 0 Å². The maximum absolute atomic E-state index is 11.8. The molecule has 1 amide bonds. The van der Waals surface area contributed by atoms with Crippen LogP contribution < -0.4 is 5.32 Å². The molecule has 2 rings (SSSR count). The molecule has 0 radical (unpaired) electrons. The smallest absolute Gasteiger partial charge is 0.220 e. The third-order valence-electron chi connectivity index (χ3n) is 3.92. The first-order valence-corrected chi connectivity index (χ1v) is 7.30. The number of hydrogen-bond donors (Lipinski definition) is 1. The maximum atomic E-state index is 11.8. The van der Waals surface area contributed by atoms with Crippen molar-refractivity contribution in [1.29, 1.82) is 0 Å². The molecule has 2 fully saturated rings. The van der Waals surface area contributed by atoms with Gasteiger partial charge >= 0.3 is 0 Å². The second-order valence-corrected chi connectivity index (χ2v) is 5.50. The number of nitrogens with one attached hydrogen (secondary N) is 1. The molecule has 0 aromatic heterocycles. The average Bonchev–Trinajstić information content (AvgIpc) is 2.97. The van der Waals surface area contributed by atoms with Crippen LogP contribution in [0.1, 0.15) is 44.9 Å². The molecule has 1 N–H and O–H groups in total. The summed E-state index contributed by atoms with van der Waals surface area (Å²) in [5, 5.41) is 3.12. The Morgan fingerprint density at radius 1 is 1.29 bits per heavy atom. The summed E-state index contributed by atoms with van der Waals surface area (Å²) in [6.45, 7) is 0.864. The molecule has 3 unspecified atom stereocenters. The Morgan fingerprint density at radius 2 is 2.18 bits per heavy atom. The zero-order chi connectivity index (χ0) is 12.1. The zero-order valence-corrected chi connectivity index (χ0v) is 11.0. The van der Waals surface area contributed by atoms with Gasteiger partial charge in [-0.25, -0.2) is 0 Å². The molecule has 98 valence electrons. The Balaban J connectivity index is 1.65. The van der Waals surface area contributed by atoms with E-state index in [1.165, 1.54) is 6.42 Å². The van der Waals surface area contributed by atoms with Gasteiger partial charge in [0, 0.05) is 24.9 Å². The van der Waals surface area contributed by atoms with Crippen molar-refractivity contribution in [3.63, 3.8) is 0 Å². The van der Waals surface area contributed by atoms with Gasteiger partial charge in [0.15, 0.2) is 0 Å². The summed E-state index contributed by atoms with van der Waals surface area (Å²) in [4.78, 5) is 11.8. The Kier molecular flexibility index (Phi) is 5.11. The highest BCUT2D eigenvalue weighted by molar-refractivity contribution is 6.18. The van der Waals surface area contributed by atoms with Crippen LogP contribution in [0.15, 0.2) is 0 Å². The summed E-state index contributed by atoms with van der Waals surface area (Å²) in [7, 11) is 0. The van der Waals surface area contributed by atoms with Gasteiger partial charge in [-0.15, -0.1) is 11.6 Å². The summed E-state index contributed by atoms with van der Waals surface area (Å²) < 4.78 is 5.51. The van der Waals surface area contributed by atoms with Gasteiger partial charge in [-0.3, -0.25) is 4.79 Å². The Morgan fingerprint density at radius 3 is 2.88 bits per heavy atom. The Labute approximate surface area is 108 Å². The Bertz CT molecular complexity index is 254. The predicted octanol–water partition coefficient (Wildman–Crippen LogP) is 2.47. The first-order valence-electron chi connectivity index (χ1n) is 6.76. The summed E-state index contributed by atoms with van der Waals surface area (Å²) in [6, 6.07) is 0.310. The van der Waals surface area contributed by atoms with Crippen molar-refractivity contribution < 1.29 is 9.53 Å². The van der Waals surface area contributed by atoms with Crippen LogP contribution in [0.2, 0.25) is 0 Å². The topological polar surface area (TPSA) is 38.3 Å². The van der Waals surface area contributed by atoms with Crippen LogP contribution in [0.5, 0.6) is 0 Å². The van der Waals surface area contributed by atoms with Gasteiger partial charge in [0.1, 0.15) is 0 Å². The summed E-state index contributed by atoms with van der Waals surface area (Å²) in [5.41, 5.74) is 0. The molecule has 0 spiro atoms. The van der Waals surface area contributed by atoms with Crippen LogP contribution >= 0.6 is 11.6 Å². The highest BCUT2D eigenvalue weighted by Crippen LogP contribution is 2.26. The van der Waals surface area contributed by atoms with Crippen LogP contribution in [0.4, 0.5) is 0 Å². The minimum atomic E-state index is 0.169. The minimum Gasteiger partial charge on any atom is -0.378 e. The molecule has 3 atom stereocenters. The molecule has 1 aliphatic carbocycles. The lowest BCUT2D eigenvalue weighted by atomic mass is 10.1. The van der Waals surface area contributed by atoms with Crippen molar-refractivity contribution in [3.8, 4) is 0 Å². The zero-order valence-electron chi connectivity index (χ0n) is 10.3. The largest absolute Gasteiger partial charge is 0.378 e. The van der Waals surface area contributed by atoms with E-state index in [2.05, 4.69) is 5.32 Å². The van der Waals surface area contributed by atoms with Crippen molar-refractivity contribution in [1.82, 2.24) is 5.32 Å². The van der Waals surface area contributed by atoms with Crippen molar-refractivity contribution in [3.05, 3.63) is 0 Å². The van der Waals surface area contributed by atoms with Crippen molar-refractivity contribution >= 4 is 17.5 Å². The number of ether oxygens (including phenoxy) is 1. The summed E-state index contributed by atoms with van der Waals surface area (Å²) in [5.74, 6) is 1.31.